The van der Waals surface area contributed by atoms with Crippen molar-refractivity contribution in [1.29, 1.82) is 0 Å². The molecule has 0 aliphatic rings. The van der Waals surface area contributed by atoms with Gasteiger partial charge in [0.25, 0.3) is 5.56 Å². The second-order valence-corrected chi connectivity index (χ2v) is 4.88. The topological polar surface area (TPSA) is 22.0 Å². The minimum Gasteiger partial charge on any atom is -0.311 e. The van der Waals surface area contributed by atoms with Crippen LogP contribution in [-0.2, 0) is 7.05 Å². The average molecular weight is 237 g/mol. The van der Waals surface area contributed by atoms with Crippen molar-refractivity contribution in [2.24, 2.45) is 7.05 Å². The van der Waals surface area contributed by atoms with Crippen molar-refractivity contribution in [2.45, 2.75) is 13.8 Å². The number of hydrogen-bond donors (Lipinski definition) is 0. The van der Waals surface area contributed by atoms with E-state index < -0.39 is 0 Å². The number of aryl methyl sites for hydroxylation is 3. The molecule has 2 heteroatoms. The van der Waals surface area contributed by atoms with E-state index in [9.17, 15) is 4.79 Å². The molecule has 0 aliphatic heterocycles. The van der Waals surface area contributed by atoms with Gasteiger partial charge in [0.1, 0.15) is 0 Å². The summed E-state index contributed by atoms with van der Waals surface area (Å²) in [5.74, 6) is 0. The van der Waals surface area contributed by atoms with Crippen LogP contribution in [0.4, 0.5) is 0 Å². The second-order valence-electron chi connectivity index (χ2n) is 4.88. The first kappa shape index (κ1) is 11.0. The van der Waals surface area contributed by atoms with Crippen molar-refractivity contribution in [3.63, 3.8) is 0 Å². The molecule has 0 atom stereocenters. The molecule has 0 fully saturated rings. The van der Waals surface area contributed by atoms with Crippen LogP contribution in [-0.4, -0.2) is 4.57 Å². The van der Waals surface area contributed by atoms with Crippen molar-refractivity contribution in [3.05, 3.63) is 57.9 Å². The predicted octanol–water partition coefficient (Wildman–Crippen LogP) is 3.31. The number of benzene rings is 2. The van der Waals surface area contributed by atoms with Crippen molar-refractivity contribution in [2.75, 3.05) is 0 Å². The van der Waals surface area contributed by atoms with Crippen LogP contribution >= 0.6 is 0 Å². The molecule has 0 unspecified atom stereocenters. The SMILES string of the molecule is Cc1ccc2c(c1)c1c(C)cccc1c(=O)n2C. The maximum atomic E-state index is 12.3. The summed E-state index contributed by atoms with van der Waals surface area (Å²) in [5.41, 5.74) is 3.43. The molecule has 3 aromatic rings. The number of pyridine rings is 1. The third-order valence-electron chi connectivity index (χ3n) is 3.59. The fourth-order valence-electron chi connectivity index (χ4n) is 2.64. The van der Waals surface area contributed by atoms with Gasteiger partial charge in [-0.25, -0.2) is 0 Å². The molecule has 0 saturated heterocycles. The molecule has 1 aromatic heterocycles. The van der Waals surface area contributed by atoms with Gasteiger partial charge < -0.3 is 4.57 Å². The summed E-state index contributed by atoms with van der Waals surface area (Å²) >= 11 is 0. The zero-order valence-electron chi connectivity index (χ0n) is 10.8. The van der Waals surface area contributed by atoms with Gasteiger partial charge in [-0.15, -0.1) is 0 Å². The Balaban J connectivity index is 2.75. The molecule has 0 amide bonds. The van der Waals surface area contributed by atoms with Gasteiger partial charge in [-0.05, 0) is 43.0 Å². The molecular formula is C16H15NO. The first-order valence-electron chi connectivity index (χ1n) is 6.08. The monoisotopic (exact) mass is 237 g/mol. The summed E-state index contributed by atoms with van der Waals surface area (Å²) in [6.45, 7) is 4.14. The van der Waals surface area contributed by atoms with Crippen LogP contribution in [0.15, 0.2) is 41.2 Å². The fourth-order valence-corrected chi connectivity index (χ4v) is 2.64. The Labute approximate surface area is 105 Å². The molecular weight excluding hydrogens is 222 g/mol. The number of rotatable bonds is 0. The molecule has 18 heavy (non-hydrogen) atoms. The van der Waals surface area contributed by atoms with Crippen molar-refractivity contribution < 1.29 is 0 Å². The van der Waals surface area contributed by atoms with Gasteiger partial charge in [0, 0.05) is 17.8 Å². The molecule has 90 valence electrons. The van der Waals surface area contributed by atoms with Gasteiger partial charge in [0.05, 0.1) is 5.52 Å². The first-order valence-corrected chi connectivity index (χ1v) is 6.08. The quantitative estimate of drug-likeness (QED) is 0.550. The van der Waals surface area contributed by atoms with E-state index in [0.29, 0.717) is 0 Å². The molecule has 3 rings (SSSR count). The lowest BCUT2D eigenvalue weighted by atomic mass is 10.0. The lowest BCUT2D eigenvalue weighted by Gasteiger charge is -2.11. The Bertz CT molecular complexity index is 828. The maximum Gasteiger partial charge on any atom is 0.258 e. The smallest absolute Gasteiger partial charge is 0.258 e. The highest BCUT2D eigenvalue weighted by Gasteiger charge is 2.09. The van der Waals surface area contributed by atoms with Crippen molar-refractivity contribution in [1.82, 2.24) is 4.57 Å². The molecule has 0 N–H and O–H groups in total. The standard InChI is InChI=1S/C16H15NO/c1-10-7-8-14-13(9-10)15-11(2)5-4-6-12(15)16(18)17(14)3/h4-9H,1-3H3. The number of nitrogens with zero attached hydrogens (tertiary/aromatic N) is 1. The second kappa shape index (κ2) is 3.70. The summed E-state index contributed by atoms with van der Waals surface area (Å²) in [7, 11) is 1.84. The summed E-state index contributed by atoms with van der Waals surface area (Å²) in [6.07, 6.45) is 0. The van der Waals surface area contributed by atoms with Gasteiger partial charge in [-0.3, -0.25) is 4.79 Å². The molecule has 2 nitrogen and oxygen atoms in total. The van der Waals surface area contributed by atoms with Gasteiger partial charge in [0.15, 0.2) is 0 Å². The maximum absolute atomic E-state index is 12.3. The van der Waals surface area contributed by atoms with E-state index in [1.807, 2.05) is 31.3 Å². The minimum atomic E-state index is 0.0741. The zero-order chi connectivity index (χ0) is 12.9. The molecule has 0 spiro atoms. The van der Waals surface area contributed by atoms with Crippen LogP contribution in [0.5, 0.6) is 0 Å². The molecule has 0 aliphatic carbocycles. The van der Waals surface area contributed by atoms with Crippen LogP contribution < -0.4 is 5.56 Å². The predicted molar refractivity (Wildman–Crippen MR) is 76.2 cm³/mol. The van der Waals surface area contributed by atoms with E-state index in [1.165, 1.54) is 5.56 Å². The summed E-state index contributed by atoms with van der Waals surface area (Å²) in [4.78, 5) is 12.3. The molecule has 0 radical (unpaired) electrons. The highest BCUT2D eigenvalue weighted by Crippen LogP contribution is 2.26. The van der Waals surface area contributed by atoms with Crippen LogP contribution in [0.3, 0.4) is 0 Å². The van der Waals surface area contributed by atoms with E-state index in [1.54, 1.807) is 4.57 Å². The van der Waals surface area contributed by atoms with Crippen molar-refractivity contribution >= 4 is 21.7 Å². The van der Waals surface area contributed by atoms with Gasteiger partial charge in [-0.1, -0.05) is 23.8 Å². The number of aromatic nitrogens is 1. The number of hydrogen-bond acceptors (Lipinski definition) is 1. The normalized spacial score (nSPS) is 11.3. The van der Waals surface area contributed by atoms with Gasteiger partial charge >= 0.3 is 0 Å². The van der Waals surface area contributed by atoms with Crippen LogP contribution in [0.2, 0.25) is 0 Å². The van der Waals surface area contributed by atoms with Gasteiger partial charge in [-0.2, -0.15) is 0 Å². The van der Waals surface area contributed by atoms with Crippen LogP contribution in [0, 0.1) is 13.8 Å². The first-order chi connectivity index (χ1) is 8.59. The van der Waals surface area contributed by atoms with E-state index >= 15 is 0 Å². The Morgan fingerprint density at radius 3 is 2.56 bits per heavy atom. The van der Waals surface area contributed by atoms with Crippen LogP contribution in [0.25, 0.3) is 21.7 Å². The zero-order valence-corrected chi connectivity index (χ0v) is 10.8. The Morgan fingerprint density at radius 1 is 1.00 bits per heavy atom. The molecule has 1 heterocycles. The summed E-state index contributed by atoms with van der Waals surface area (Å²) in [6, 6.07) is 12.1. The van der Waals surface area contributed by atoms with E-state index in [2.05, 4.69) is 26.0 Å². The average Bonchev–Trinajstić information content (AvgIpc) is 2.35. The van der Waals surface area contributed by atoms with Crippen LogP contribution in [0.1, 0.15) is 11.1 Å². The lowest BCUT2D eigenvalue weighted by molar-refractivity contribution is 0.918. The summed E-state index contributed by atoms with van der Waals surface area (Å²) in [5, 5.41) is 3.04. The third-order valence-corrected chi connectivity index (χ3v) is 3.59. The Hall–Kier alpha value is -2.09. The highest BCUT2D eigenvalue weighted by molar-refractivity contribution is 6.07. The Morgan fingerprint density at radius 2 is 1.78 bits per heavy atom. The summed E-state index contributed by atoms with van der Waals surface area (Å²) < 4.78 is 1.73. The highest BCUT2D eigenvalue weighted by atomic mass is 16.1. The Kier molecular flexibility index (Phi) is 2.27. The fraction of sp³-hybridized carbons (Fsp3) is 0.188. The van der Waals surface area contributed by atoms with E-state index in [-0.39, 0.29) is 5.56 Å². The van der Waals surface area contributed by atoms with E-state index in [4.69, 9.17) is 0 Å². The molecule has 2 aromatic carbocycles. The molecule has 0 bridgehead atoms. The number of fused-ring (bicyclic) bond motifs is 3. The lowest BCUT2D eigenvalue weighted by Crippen LogP contribution is -2.17. The van der Waals surface area contributed by atoms with Gasteiger partial charge in [0.2, 0.25) is 0 Å². The molecule has 0 saturated carbocycles. The third kappa shape index (κ3) is 1.39. The largest absolute Gasteiger partial charge is 0.311 e. The van der Waals surface area contributed by atoms with Crippen molar-refractivity contribution in [3.8, 4) is 0 Å². The van der Waals surface area contributed by atoms with E-state index in [0.717, 1.165) is 27.2 Å². The minimum absolute atomic E-state index is 0.0741.